The van der Waals surface area contributed by atoms with Gasteiger partial charge in [0.1, 0.15) is 0 Å². The Kier molecular flexibility index (Phi) is 4.59. The molecule has 1 heterocycles. The highest BCUT2D eigenvalue weighted by Gasteiger charge is 2.25. The summed E-state index contributed by atoms with van der Waals surface area (Å²) in [5.74, 6) is 1.50. The molecule has 0 atom stereocenters. The summed E-state index contributed by atoms with van der Waals surface area (Å²) in [5, 5.41) is 13.9. The first-order chi connectivity index (χ1) is 9.24. The van der Waals surface area contributed by atoms with Crippen molar-refractivity contribution in [3.63, 3.8) is 0 Å². The summed E-state index contributed by atoms with van der Waals surface area (Å²) in [6.07, 6.45) is 3.89. The third kappa shape index (κ3) is 2.98. The van der Waals surface area contributed by atoms with Gasteiger partial charge in [0.2, 0.25) is 0 Å². The predicted octanol–water partition coefficient (Wildman–Crippen LogP) is 4.09. The number of hydrogen-bond acceptors (Lipinski definition) is 3. The van der Waals surface area contributed by atoms with Crippen molar-refractivity contribution in [3.05, 3.63) is 30.5 Å². The smallest absolute Gasteiger partial charge is 0.156 e. The van der Waals surface area contributed by atoms with Crippen molar-refractivity contribution < 1.29 is 0 Å². The lowest BCUT2D eigenvalue weighted by Crippen LogP contribution is -2.30. The van der Waals surface area contributed by atoms with E-state index in [9.17, 15) is 0 Å². The predicted molar refractivity (Wildman–Crippen MR) is 81.8 cm³/mol. The fourth-order valence-corrected chi connectivity index (χ4v) is 2.64. The molecule has 4 heteroatoms. The molecule has 2 aromatic rings. The molecule has 0 aliphatic heterocycles. The molecular weight excluding hydrogens is 258 g/mol. The van der Waals surface area contributed by atoms with Crippen molar-refractivity contribution in [1.29, 1.82) is 0 Å². The van der Waals surface area contributed by atoms with Crippen LogP contribution in [0.4, 0.5) is 5.82 Å². The Labute approximate surface area is 119 Å². The van der Waals surface area contributed by atoms with Crippen molar-refractivity contribution in [1.82, 2.24) is 10.2 Å². The first kappa shape index (κ1) is 14.1. The summed E-state index contributed by atoms with van der Waals surface area (Å²) >= 11 is 6.13. The quantitative estimate of drug-likeness (QED) is 0.808. The Bertz CT molecular complexity index is 524. The van der Waals surface area contributed by atoms with Gasteiger partial charge in [-0.2, -0.15) is 5.10 Å². The Morgan fingerprint density at radius 3 is 2.63 bits per heavy atom. The maximum atomic E-state index is 6.13. The molecule has 0 bridgehead atoms. The average Bonchev–Trinajstić information content (AvgIpc) is 2.49. The number of benzene rings is 1. The van der Waals surface area contributed by atoms with E-state index in [1.54, 1.807) is 6.20 Å². The van der Waals surface area contributed by atoms with Crippen LogP contribution in [0.15, 0.2) is 30.5 Å². The van der Waals surface area contributed by atoms with Crippen LogP contribution in [-0.2, 0) is 0 Å². The summed E-state index contributed by atoms with van der Waals surface area (Å²) in [6, 6.07) is 8.13. The monoisotopic (exact) mass is 277 g/mol. The number of fused-ring (bicyclic) bond motifs is 1. The first-order valence-electron chi connectivity index (χ1n) is 6.75. The van der Waals surface area contributed by atoms with E-state index in [2.05, 4.69) is 35.4 Å². The van der Waals surface area contributed by atoms with Crippen LogP contribution in [0.5, 0.6) is 0 Å². The summed E-state index contributed by atoms with van der Waals surface area (Å²) in [6.45, 7) is 5.19. The normalized spacial score (nSPS) is 11.7. The third-order valence-corrected chi connectivity index (χ3v) is 4.55. The highest BCUT2D eigenvalue weighted by atomic mass is 35.5. The lowest BCUT2D eigenvalue weighted by Gasteiger charge is -2.29. The number of anilines is 1. The second kappa shape index (κ2) is 6.20. The van der Waals surface area contributed by atoms with Crippen LogP contribution in [0.1, 0.15) is 26.7 Å². The summed E-state index contributed by atoms with van der Waals surface area (Å²) in [7, 11) is 0. The topological polar surface area (TPSA) is 37.8 Å². The van der Waals surface area contributed by atoms with Crippen molar-refractivity contribution in [2.45, 2.75) is 26.7 Å². The molecule has 0 saturated carbocycles. The summed E-state index contributed by atoms with van der Waals surface area (Å²) in [5.41, 5.74) is 0.125. The van der Waals surface area contributed by atoms with Gasteiger partial charge in [0.25, 0.3) is 0 Å². The van der Waals surface area contributed by atoms with E-state index < -0.39 is 0 Å². The van der Waals surface area contributed by atoms with Crippen LogP contribution >= 0.6 is 11.6 Å². The molecule has 1 N–H and O–H groups in total. The van der Waals surface area contributed by atoms with Gasteiger partial charge in [0.15, 0.2) is 5.82 Å². The maximum absolute atomic E-state index is 6.13. The minimum absolute atomic E-state index is 0.125. The molecule has 102 valence electrons. The summed E-state index contributed by atoms with van der Waals surface area (Å²) < 4.78 is 0. The van der Waals surface area contributed by atoms with E-state index in [0.717, 1.165) is 36.0 Å². The van der Waals surface area contributed by atoms with Crippen molar-refractivity contribution in [2.75, 3.05) is 17.7 Å². The lowest BCUT2D eigenvalue weighted by atomic mass is 9.84. The van der Waals surface area contributed by atoms with Gasteiger partial charge in [-0.25, -0.2) is 0 Å². The van der Waals surface area contributed by atoms with E-state index in [-0.39, 0.29) is 5.41 Å². The van der Waals surface area contributed by atoms with Gasteiger partial charge < -0.3 is 5.32 Å². The van der Waals surface area contributed by atoms with Crippen LogP contribution in [0, 0.1) is 5.41 Å². The Morgan fingerprint density at radius 1 is 1.21 bits per heavy atom. The van der Waals surface area contributed by atoms with Gasteiger partial charge >= 0.3 is 0 Å². The number of aromatic nitrogens is 2. The highest BCUT2D eigenvalue weighted by molar-refractivity contribution is 6.18. The maximum Gasteiger partial charge on any atom is 0.156 e. The molecule has 1 aromatic heterocycles. The molecule has 0 unspecified atom stereocenters. The number of alkyl halides is 1. The van der Waals surface area contributed by atoms with Crippen molar-refractivity contribution >= 4 is 28.2 Å². The molecule has 0 radical (unpaired) electrons. The lowest BCUT2D eigenvalue weighted by molar-refractivity contribution is 0.326. The minimum atomic E-state index is 0.125. The van der Waals surface area contributed by atoms with Gasteiger partial charge in [0, 0.05) is 28.6 Å². The van der Waals surface area contributed by atoms with E-state index in [1.165, 1.54) is 0 Å². The van der Waals surface area contributed by atoms with E-state index in [0.29, 0.717) is 5.88 Å². The van der Waals surface area contributed by atoms with Crippen LogP contribution in [0.2, 0.25) is 0 Å². The number of nitrogens with one attached hydrogen (secondary N) is 1. The van der Waals surface area contributed by atoms with Crippen LogP contribution in [0.25, 0.3) is 10.8 Å². The second-order valence-corrected chi connectivity index (χ2v) is 5.24. The molecule has 3 nitrogen and oxygen atoms in total. The Morgan fingerprint density at radius 2 is 1.95 bits per heavy atom. The molecule has 1 aromatic carbocycles. The summed E-state index contributed by atoms with van der Waals surface area (Å²) in [4.78, 5) is 0. The molecule has 0 saturated heterocycles. The van der Waals surface area contributed by atoms with E-state index >= 15 is 0 Å². The van der Waals surface area contributed by atoms with Gasteiger partial charge in [-0.1, -0.05) is 38.1 Å². The highest BCUT2D eigenvalue weighted by Crippen LogP contribution is 2.29. The SMILES string of the molecule is CCC(CC)(CCl)CNc1nncc2ccccc12. The number of hydrogen-bond donors (Lipinski definition) is 1. The molecule has 19 heavy (non-hydrogen) atoms. The third-order valence-electron chi connectivity index (χ3n) is 3.98. The Hall–Kier alpha value is -1.35. The average molecular weight is 278 g/mol. The molecule has 0 spiro atoms. The van der Waals surface area contributed by atoms with Gasteiger partial charge in [-0.3, -0.25) is 0 Å². The van der Waals surface area contributed by atoms with E-state index in [4.69, 9.17) is 11.6 Å². The van der Waals surface area contributed by atoms with Crippen molar-refractivity contribution in [2.24, 2.45) is 5.41 Å². The molecule has 2 rings (SSSR count). The number of nitrogens with zero attached hydrogens (tertiary/aromatic N) is 2. The van der Waals surface area contributed by atoms with E-state index in [1.807, 2.05) is 18.2 Å². The fraction of sp³-hybridized carbons (Fsp3) is 0.467. The molecule has 0 fully saturated rings. The minimum Gasteiger partial charge on any atom is -0.367 e. The fourth-order valence-electron chi connectivity index (χ4n) is 2.17. The zero-order valence-corrected chi connectivity index (χ0v) is 12.2. The van der Waals surface area contributed by atoms with Gasteiger partial charge in [-0.05, 0) is 12.8 Å². The standard InChI is InChI=1S/C15H20ClN3/c1-3-15(4-2,10-16)11-17-14-13-8-6-5-7-12(13)9-18-19-14/h5-9H,3-4,10-11H2,1-2H3,(H,17,19). The van der Waals surface area contributed by atoms with Crippen molar-refractivity contribution in [3.8, 4) is 0 Å². The van der Waals surface area contributed by atoms with Gasteiger partial charge in [-0.15, -0.1) is 16.7 Å². The molecule has 0 aliphatic carbocycles. The number of rotatable bonds is 6. The van der Waals surface area contributed by atoms with Crippen LogP contribution in [-0.4, -0.2) is 22.6 Å². The van der Waals surface area contributed by atoms with Crippen LogP contribution < -0.4 is 5.32 Å². The molecular formula is C15H20ClN3. The second-order valence-electron chi connectivity index (χ2n) is 4.97. The molecule has 0 amide bonds. The Balaban J connectivity index is 2.22. The first-order valence-corrected chi connectivity index (χ1v) is 7.28. The zero-order chi connectivity index (χ0) is 13.7. The number of halogens is 1. The van der Waals surface area contributed by atoms with Gasteiger partial charge in [0.05, 0.1) is 6.20 Å². The van der Waals surface area contributed by atoms with Crippen LogP contribution in [0.3, 0.4) is 0 Å². The molecule has 0 aliphatic rings. The zero-order valence-electron chi connectivity index (χ0n) is 11.5. The largest absolute Gasteiger partial charge is 0.367 e.